The number of aliphatic hydroxyl groups is 3. The van der Waals surface area contributed by atoms with Gasteiger partial charge in [0.2, 0.25) is 5.95 Å². The van der Waals surface area contributed by atoms with Crippen LogP contribution in [0.15, 0.2) is 12.3 Å². The summed E-state index contributed by atoms with van der Waals surface area (Å²) in [6, 6.07) is 1.45. The van der Waals surface area contributed by atoms with Gasteiger partial charge in [-0.1, -0.05) is 0 Å². The van der Waals surface area contributed by atoms with Gasteiger partial charge in [-0.25, -0.2) is 9.97 Å². The first-order valence-corrected chi connectivity index (χ1v) is 11.7. The highest BCUT2D eigenvalue weighted by Crippen LogP contribution is 2.38. The Morgan fingerprint density at radius 2 is 1.97 bits per heavy atom. The number of ether oxygens (including phenoxy) is 1. The lowest BCUT2D eigenvalue weighted by atomic mass is 10.1. The summed E-state index contributed by atoms with van der Waals surface area (Å²) >= 11 is 1.52. The van der Waals surface area contributed by atoms with Gasteiger partial charge in [0.1, 0.15) is 22.4 Å². The van der Waals surface area contributed by atoms with Crippen molar-refractivity contribution in [2.45, 2.75) is 51.5 Å². The molecule has 1 aliphatic carbocycles. The van der Waals surface area contributed by atoms with Crippen LogP contribution in [0.3, 0.4) is 0 Å². The van der Waals surface area contributed by atoms with Gasteiger partial charge in [0.15, 0.2) is 0 Å². The Balaban J connectivity index is 1.75. The molecule has 4 rings (SSSR count). The molecule has 0 saturated heterocycles. The standard InChI is InChI=1S/C22H30N6O4S/c1-10(32-4)8-24-22-25-11(2)16(21-27-17-12(3)23-6-5-15(17)33-21)20(28-22)26-14-7-13(9-29)18(30)19(14)31/h5-6,10,13-14,18-19,29-31H,7-9H2,1-4H3,(H2,24,25,26,28)/t10-,13-,14-,18-,19+/m1/s1. The van der Waals surface area contributed by atoms with Gasteiger partial charge in [-0.3, -0.25) is 4.98 Å². The first kappa shape index (κ1) is 23.7. The van der Waals surface area contributed by atoms with Gasteiger partial charge in [0, 0.05) is 32.4 Å². The lowest BCUT2D eigenvalue weighted by molar-refractivity contribution is 0.00446. The number of hydrogen-bond acceptors (Lipinski definition) is 11. The first-order chi connectivity index (χ1) is 15.8. The van der Waals surface area contributed by atoms with E-state index in [1.165, 1.54) is 11.3 Å². The summed E-state index contributed by atoms with van der Waals surface area (Å²) in [5.74, 6) is 0.531. The number of pyridine rings is 1. The third-order valence-corrected chi connectivity index (χ3v) is 7.14. The number of hydrogen-bond donors (Lipinski definition) is 5. The Kier molecular flexibility index (Phi) is 7.05. The second kappa shape index (κ2) is 9.82. The second-order valence-electron chi connectivity index (χ2n) is 8.46. The molecule has 3 heterocycles. The number of methoxy groups -OCH3 is 1. The van der Waals surface area contributed by atoms with Crippen LogP contribution >= 0.6 is 11.3 Å². The molecule has 1 aliphatic rings. The van der Waals surface area contributed by atoms with E-state index in [1.807, 2.05) is 26.8 Å². The molecule has 5 N–H and O–H groups in total. The molecule has 10 nitrogen and oxygen atoms in total. The van der Waals surface area contributed by atoms with Gasteiger partial charge in [-0.15, -0.1) is 11.3 Å². The number of thiazole rings is 1. The summed E-state index contributed by atoms with van der Waals surface area (Å²) in [5, 5.41) is 37.6. The predicted molar refractivity (Wildman–Crippen MR) is 127 cm³/mol. The zero-order valence-corrected chi connectivity index (χ0v) is 19.9. The molecule has 1 fully saturated rings. The summed E-state index contributed by atoms with van der Waals surface area (Å²) in [7, 11) is 1.64. The Morgan fingerprint density at radius 3 is 2.64 bits per heavy atom. The van der Waals surface area contributed by atoms with Crippen LogP contribution in [0.25, 0.3) is 20.8 Å². The van der Waals surface area contributed by atoms with Gasteiger partial charge >= 0.3 is 0 Å². The maximum absolute atomic E-state index is 10.6. The van der Waals surface area contributed by atoms with Crippen LogP contribution in [0, 0.1) is 19.8 Å². The zero-order chi connectivity index (χ0) is 23.7. The Labute approximate surface area is 196 Å². The minimum absolute atomic E-state index is 0.0261. The van der Waals surface area contributed by atoms with Gasteiger partial charge in [0.05, 0.1) is 39.9 Å². The van der Waals surface area contributed by atoms with Crippen molar-refractivity contribution < 1.29 is 20.1 Å². The van der Waals surface area contributed by atoms with E-state index in [2.05, 4.69) is 25.6 Å². The summed E-state index contributed by atoms with van der Waals surface area (Å²) in [6.07, 6.45) is 0.111. The third-order valence-electron chi connectivity index (χ3n) is 6.10. The molecule has 5 atom stereocenters. The molecule has 0 aromatic carbocycles. The quantitative estimate of drug-likeness (QED) is 0.327. The maximum Gasteiger partial charge on any atom is 0.224 e. The smallest absolute Gasteiger partial charge is 0.224 e. The third kappa shape index (κ3) is 4.78. The normalized spacial score (nSPS) is 23.7. The number of nitrogens with one attached hydrogen (secondary N) is 2. The minimum Gasteiger partial charge on any atom is -0.396 e. The fraction of sp³-hybridized carbons (Fsp3) is 0.545. The highest BCUT2D eigenvalue weighted by atomic mass is 32.1. The molecule has 0 radical (unpaired) electrons. The average molecular weight is 475 g/mol. The van der Waals surface area contributed by atoms with Gasteiger partial charge < -0.3 is 30.7 Å². The number of aliphatic hydroxyl groups excluding tert-OH is 3. The highest BCUT2D eigenvalue weighted by molar-refractivity contribution is 7.21. The predicted octanol–water partition coefficient (Wildman–Crippen LogP) is 1.73. The topological polar surface area (TPSA) is 146 Å². The fourth-order valence-electron chi connectivity index (χ4n) is 4.04. The monoisotopic (exact) mass is 474 g/mol. The van der Waals surface area contributed by atoms with E-state index >= 15 is 0 Å². The van der Waals surface area contributed by atoms with Crippen molar-refractivity contribution >= 4 is 33.3 Å². The molecule has 0 amide bonds. The van der Waals surface area contributed by atoms with E-state index in [9.17, 15) is 15.3 Å². The van der Waals surface area contributed by atoms with Crippen molar-refractivity contribution in [1.82, 2.24) is 19.9 Å². The minimum atomic E-state index is -1.03. The largest absolute Gasteiger partial charge is 0.396 e. The van der Waals surface area contributed by atoms with Crippen LogP contribution in [-0.4, -0.2) is 79.9 Å². The van der Waals surface area contributed by atoms with Crippen LogP contribution in [0.1, 0.15) is 24.7 Å². The Bertz CT molecular complexity index is 1130. The van der Waals surface area contributed by atoms with Crippen LogP contribution < -0.4 is 10.6 Å². The van der Waals surface area contributed by atoms with Crippen molar-refractivity contribution in [3.8, 4) is 10.6 Å². The van der Waals surface area contributed by atoms with Crippen LogP contribution in [0.4, 0.5) is 11.8 Å². The number of fused-ring (bicyclic) bond motifs is 1. The molecule has 0 spiro atoms. The zero-order valence-electron chi connectivity index (χ0n) is 19.1. The van der Waals surface area contributed by atoms with Crippen molar-refractivity contribution in [2.75, 3.05) is 30.9 Å². The molecule has 33 heavy (non-hydrogen) atoms. The summed E-state index contributed by atoms with van der Waals surface area (Å²) in [4.78, 5) is 18.5. The molecule has 0 unspecified atom stereocenters. The Morgan fingerprint density at radius 1 is 1.18 bits per heavy atom. The van der Waals surface area contributed by atoms with Crippen molar-refractivity contribution in [3.05, 3.63) is 23.7 Å². The van der Waals surface area contributed by atoms with E-state index < -0.39 is 24.2 Å². The van der Waals surface area contributed by atoms with Gasteiger partial charge in [-0.05, 0) is 33.3 Å². The van der Waals surface area contributed by atoms with E-state index in [4.69, 9.17) is 9.72 Å². The number of aryl methyl sites for hydroxylation is 2. The van der Waals surface area contributed by atoms with Crippen LogP contribution in [-0.2, 0) is 4.74 Å². The molecule has 0 bridgehead atoms. The molecule has 3 aromatic rings. The summed E-state index contributed by atoms with van der Waals surface area (Å²) in [5.41, 5.74) is 3.12. The maximum atomic E-state index is 10.6. The van der Waals surface area contributed by atoms with Crippen LogP contribution in [0.5, 0.6) is 0 Å². The number of nitrogens with zero attached hydrogens (tertiary/aromatic N) is 4. The molecule has 11 heteroatoms. The summed E-state index contributed by atoms with van der Waals surface area (Å²) < 4.78 is 6.31. The van der Waals surface area contributed by atoms with Crippen LogP contribution in [0.2, 0.25) is 0 Å². The lowest BCUT2D eigenvalue weighted by Crippen LogP contribution is -2.35. The molecule has 3 aromatic heterocycles. The molecule has 1 saturated carbocycles. The number of rotatable bonds is 8. The molecular formula is C22H30N6O4S. The lowest BCUT2D eigenvalue weighted by Gasteiger charge is -2.21. The van der Waals surface area contributed by atoms with E-state index in [-0.39, 0.29) is 12.7 Å². The van der Waals surface area contributed by atoms with Crippen molar-refractivity contribution in [3.63, 3.8) is 0 Å². The molecule has 178 valence electrons. The number of aromatic nitrogens is 4. The molecule has 0 aliphatic heterocycles. The van der Waals surface area contributed by atoms with Gasteiger partial charge in [-0.2, -0.15) is 4.98 Å². The first-order valence-electron chi connectivity index (χ1n) is 10.9. The van der Waals surface area contributed by atoms with E-state index in [1.54, 1.807) is 13.3 Å². The van der Waals surface area contributed by atoms with Gasteiger partial charge in [0.25, 0.3) is 0 Å². The van der Waals surface area contributed by atoms with Crippen molar-refractivity contribution in [1.29, 1.82) is 0 Å². The van der Waals surface area contributed by atoms with E-state index in [0.29, 0.717) is 24.7 Å². The second-order valence-corrected chi connectivity index (χ2v) is 9.49. The average Bonchev–Trinajstić information content (AvgIpc) is 3.34. The summed E-state index contributed by atoms with van der Waals surface area (Å²) in [6.45, 7) is 6.08. The molecular weight excluding hydrogens is 444 g/mol. The Hall–Kier alpha value is -2.44. The highest BCUT2D eigenvalue weighted by Gasteiger charge is 2.41. The number of anilines is 2. The van der Waals surface area contributed by atoms with Crippen molar-refractivity contribution in [2.24, 2.45) is 5.92 Å². The SMILES string of the molecule is CO[C@H](C)CNc1nc(C)c(-c2nc3c(C)nccc3s2)c(N[C@@H]2C[C@H](CO)[C@@H](O)[C@H]2O)n1. The van der Waals surface area contributed by atoms with E-state index in [0.717, 1.165) is 32.2 Å². The fourth-order valence-corrected chi connectivity index (χ4v) is 5.15.